The molecule has 2 heterocycles. The molecule has 16 heavy (non-hydrogen) atoms. The van der Waals surface area contributed by atoms with E-state index in [0.29, 0.717) is 23.9 Å². The summed E-state index contributed by atoms with van der Waals surface area (Å²) in [7, 11) is -3.50. The van der Waals surface area contributed by atoms with Crippen LogP contribution in [0.4, 0.5) is 0 Å². The lowest BCUT2D eigenvalue weighted by Gasteiger charge is -2.24. The first-order valence-electron chi connectivity index (χ1n) is 4.76. The molecule has 88 valence electrons. The van der Waals surface area contributed by atoms with Gasteiger partial charge in [-0.3, -0.25) is 4.79 Å². The first-order valence-corrected chi connectivity index (χ1v) is 7.88. The number of ketones is 1. The van der Waals surface area contributed by atoms with E-state index in [-0.39, 0.29) is 16.5 Å². The monoisotopic (exact) mass is 323 g/mol. The molecule has 0 saturated carbocycles. The van der Waals surface area contributed by atoms with Gasteiger partial charge in [-0.1, -0.05) is 0 Å². The molecule has 0 bridgehead atoms. The van der Waals surface area contributed by atoms with Crippen LogP contribution in [0.5, 0.6) is 0 Å². The molecule has 4 nitrogen and oxygen atoms in total. The first kappa shape index (κ1) is 12.2. The van der Waals surface area contributed by atoms with Crippen LogP contribution in [-0.4, -0.2) is 31.6 Å². The molecule has 1 fully saturated rings. The summed E-state index contributed by atoms with van der Waals surface area (Å²) < 4.78 is 26.4. The molecule has 1 aromatic heterocycles. The van der Waals surface area contributed by atoms with E-state index in [1.165, 1.54) is 4.31 Å². The fourth-order valence-corrected chi connectivity index (χ4v) is 5.50. The summed E-state index contributed by atoms with van der Waals surface area (Å²) in [5.41, 5.74) is 0. The first-order chi connectivity index (χ1) is 7.51. The van der Waals surface area contributed by atoms with E-state index in [1.54, 1.807) is 11.4 Å². The SMILES string of the molecule is O=C1CCCN(S(=O)(=O)c2sccc2Br)C1. The molecule has 0 atom stereocenters. The lowest BCUT2D eigenvalue weighted by Crippen LogP contribution is -2.39. The van der Waals surface area contributed by atoms with Gasteiger partial charge in [0.25, 0.3) is 10.0 Å². The summed E-state index contributed by atoms with van der Waals surface area (Å²) in [5, 5.41) is 1.71. The van der Waals surface area contributed by atoms with Gasteiger partial charge in [0.2, 0.25) is 0 Å². The number of rotatable bonds is 2. The smallest absolute Gasteiger partial charge is 0.254 e. The molecular formula is C9H10BrNO3S2. The number of piperidine rings is 1. The zero-order valence-electron chi connectivity index (χ0n) is 8.35. The highest BCUT2D eigenvalue weighted by molar-refractivity contribution is 9.10. The molecule has 1 aliphatic rings. The van der Waals surface area contributed by atoms with Crippen LogP contribution in [0.25, 0.3) is 0 Å². The third kappa shape index (κ3) is 2.22. The summed E-state index contributed by atoms with van der Waals surface area (Å²) >= 11 is 4.37. The minimum Gasteiger partial charge on any atom is -0.298 e. The van der Waals surface area contributed by atoms with Crippen molar-refractivity contribution in [2.45, 2.75) is 17.1 Å². The van der Waals surface area contributed by atoms with E-state index < -0.39 is 10.0 Å². The Bertz CT molecular complexity index is 509. The third-order valence-corrected chi connectivity index (χ3v) is 6.87. The van der Waals surface area contributed by atoms with Gasteiger partial charge in [0.05, 0.1) is 6.54 Å². The molecular weight excluding hydrogens is 314 g/mol. The lowest BCUT2D eigenvalue weighted by molar-refractivity contribution is -0.120. The molecule has 1 saturated heterocycles. The highest BCUT2D eigenvalue weighted by Gasteiger charge is 2.31. The lowest BCUT2D eigenvalue weighted by atomic mass is 10.1. The van der Waals surface area contributed by atoms with Crippen LogP contribution in [0.3, 0.4) is 0 Å². The molecule has 1 aromatic rings. The van der Waals surface area contributed by atoms with Crippen molar-refractivity contribution < 1.29 is 13.2 Å². The second-order valence-electron chi connectivity index (χ2n) is 3.54. The van der Waals surface area contributed by atoms with E-state index in [4.69, 9.17) is 0 Å². The van der Waals surface area contributed by atoms with Gasteiger partial charge in [0.1, 0.15) is 9.99 Å². The quantitative estimate of drug-likeness (QED) is 0.834. The van der Waals surface area contributed by atoms with E-state index in [0.717, 1.165) is 11.3 Å². The molecule has 0 aromatic carbocycles. The Labute approximate surface area is 106 Å². The van der Waals surface area contributed by atoms with Crippen molar-refractivity contribution in [3.8, 4) is 0 Å². The number of sulfonamides is 1. The van der Waals surface area contributed by atoms with Crippen LogP contribution in [0.15, 0.2) is 20.1 Å². The summed E-state index contributed by atoms with van der Waals surface area (Å²) in [6.45, 7) is 0.436. The van der Waals surface area contributed by atoms with Gasteiger partial charge < -0.3 is 0 Å². The summed E-state index contributed by atoms with van der Waals surface area (Å²) in [5.74, 6) is -0.0116. The largest absolute Gasteiger partial charge is 0.298 e. The molecule has 1 aliphatic heterocycles. The van der Waals surface area contributed by atoms with Crippen LogP contribution in [-0.2, 0) is 14.8 Å². The molecule has 0 N–H and O–H groups in total. The van der Waals surface area contributed by atoms with Gasteiger partial charge in [-0.25, -0.2) is 8.42 Å². The molecule has 0 spiro atoms. The van der Waals surface area contributed by atoms with E-state index in [9.17, 15) is 13.2 Å². The predicted octanol–water partition coefficient (Wildman–Crippen LogP) is 1.86. The third-order valence-electron chi connectivity index (χ3n) is 2.37. The van der Waals surface area contributed by atoms with Crippen LogP contribution in [0.1, 0.15) is 12.8 Å². The second-order valence-corrected chi connectivity index (χ2v) is 7.44. The van der Waals surface area contributed by atoms with Crippen molar-refractivity contribution in [3.63, 3.8) is 0 Å². The Morgan fingerprint density at radius 3 is 2.75 bits per heavy atom. The molecule has 0 aliphatic carbocycles. The van der Waals surface area contributed by atoms with Crippen molar-refractivity contribution in [2.75, 3.05) is 13.1 Å². The van der Waals surface area contributed by atoms with Gasteiger partial charge in [0, 0.05) is 17.4 Å². The average molecular weight is 324 g/mol. The Kier molecular flexibility index (Phi) is 3.48. The summed E-state index contributed by atoms with van der Waals surface area (Å²) in [6.07, 6.45) is 1.10. The van der Waals surface area contributed by atoms with Gasteiger partial charge >= 0.3 is 0 Å². The molecule has 0 radical (unpaired) electrons. The number of hydrogen-bond donors (Lipinski definition) is 0. The van der Waals surface area contributed by atoms with Crippen molar-refractivity contribution >= 4 is 43.1 Å². The number of carbonyl (C=O) groups is 1. The highest BCUT2D eigenvalue weighted by atomic mass is 79.9. The van der Waals surface area contributed by atoms with E-state index >= 15 is 0 Å². The van der Waals surface area contributed by atoms with Crippen molar-refractivity contribution in [3.05, 3.63) is 15.9 Å². The Morgan fingerprint density at radius 1 is 1.44 bits per heavy atom. The molecule has 7 heteroatoms. The van der Waals surface area contributed by atoms with Crippen LogP contribution in [0.2, 0.25) is 0 Å². The maximum Gasteiger partial charge on any atom is 0.254 e. The van der Waals surface area contributed by atoms with Gasteiger partial charge in [-0.15, -0.1) is 11.3 Å². The zero-order valence-corrected chi connectivity index (χ0v) is 11.6. The average Bonchev–Trinajstić information content (AvgIpc) is 2.65. The minimum absolute atomic E-state index is 0.00662. The van der Waals surface area contributed by atoms with Gasteiger partial charge in [-0.2, -0.15) is 4.31 Å². The topological polar surface area (TPSA) is 54.5 Å². The van der Waals surface area contributed by atoms with Gasteiger partial charge in [0.15, 0.2) is 0 Å². The zero-order chi connectivity index (χ0) is 11.8. The molecule has 2 rings (SSSR count). The van der Waals surface area contributed by atoms with Crippen molar-refractivity contribution in [1.29, 1.82) is 0 Å². The Balaban J connectivity index is 2.32. The predicted molar refractivity (Wildman–Crippen MR) is 65.0 cm³/mol. The maximum atomic E-state index is 12.2. The molecule has 0 amide bonds. The number of halogens is 1. The maximum absolute atomic E-state index is 12.2. The minimum atomic E-state index is -3.50. The normalized spacial score (nSPS) is 18.9. The Hall–Kier alpha value is -0.240. The number of hydrogen-bond acceptors (Lipinski definition) is 4. The van der Waals surface area contributed by atoms with Crippen LogP contribution >= 0.6 is 27.3 Å². The van der Waals surface area contributed by atoms with Crippen LogP contribution < -0.4 is 0 Å². The number of Topliss-reactive ketones (excluding diaryl/α,β-unsaturated/α-hetero) is 1. The number of nitrogens with zero attached hydrogens (tertiary/aromatic N) is 1. The second kappa shape index (κ2) is 4.56. The summed E-state index contributed by atoms with van der Waals surface area (Å²) in [6, 6.07) is 1.70. The highest BCUT2D eigenvalue weighted by Crippen LogP contribution is 2.31. The standard InChI is InChI=1S/C9H10BrNO3S2/c10-8-3-5-15-9(8)16(13,14)11-4-1-2-7(12)6-11/h3,5H,1-2,4,6H2. The van der Waals surface area contributed by atoms with Crippen molar-refractivity contribution in [2.24, 2.45) is 0 Å². The number of carbonyl (C=O) groups excluding carboxylic acids is 1. The fraction of sp³-hybridized carbons (Fsp3) is 0.444. The van der Waals surface area contributed by atoms with E-state index in [1.807, 2.05) is 0 Å². The fourth-order valence-electron chi connectivity index (χ4n) is 1.59. The molecule has 0 unspecified atom stereocenters. The van der Waals surface area contributed by atoms with Crippen LogP contribution in [0, 0.1) is 0 Å². The summed E-state index contributed by atoms with van der Waals surface area (Å²) in [4.78, 5) is 11.3. The Morgan fingerprint density at radius 2 is 2.19 bits per heavy atom. The van der Waals surface area contributed by atoms with Crippen molar-refractivity contribution in [1.82, 2.24) is 4.31 Å². The van der Waals surface area contributed by atoms with E-state index in [2.05, 4.69) is 15.9 Å². The van der Waals surface area contributed by atoms with Gasteiger partial charge in [-0.05, 0) is 33.8 Å². The number of thiophene rings is 1.